The van der Waals surface area contributed by atoms with Crippen molar-refractivity contribution in [3.8, 4) is 0 Å². The smallest absolute Gasteiger partial charge is 0.359 e. The summed E-state index contributed by atoms with van der Waals surface area (Å²) in [7, 11) is 0. The van der Waals surface area contributed by atoms with E-state index in [1.807, 2.05) is 6.92 Å². The molecule has 1 saturated carbocycles. The first-order valence-corrected chi connectivity index (χ1v) is 10.3. The van der Waals surface area contributed by atoms with Gasteiger partial charge in [-0.25, -0.2) is 4.79 Å². The fourth-order valence-corrected chi connectivity index (χ4v) is 4.68. The number of rotatable bonds is 5. The van der Waals surface area contributed by atoms with E-state index in [1.165, 1.54) is 29.7 Å². The first-order valence-electron chi connectivity index (χ1n) is 10.3. The Kier molecular flexibility index (Phi) is 4.27. The van der Waals surface area contributed by atoms with Crippen molar-refractivity contribution in [3.05, 3.63) is 52.3 Å². The number of ether oxygens (including phenoxy) is 1. The lowest BCUT2D eigenvalue weighted by Gasteiger charge is -2.32. The molecule has 0 spiro atoms. The molecule has 2 heterocycles. The van der Waals surface area contributed by atoms with Crippen molar-refractivity contribution in [1.29, 1.82) is 0 Å². The van der Waals surface area contributed by atoms with E-state index >= 15 is 0 Å². The van der Waals surface area contributed by atoms with Crippen LogP contribution in [-0.4, -0.2) is 39.8 Å². The molecule has 27 heavy (non-hydrogen) atoms. The predicted molar refractivity (Wildman–Crippen MR) is 103 cm³/mol. The third-order valence-corrected chi connectivity index (χ3v) is 6.31. The maximum absolute atomic E-state index is 12.5. The van der Waals surface area contributed by atoms with Crippen LogP contribution in [0, 0.1) is 5.92 Å². The Morgan fingerprint density at radius 1 is 1.22 bits per heavy atom. The predicted octanol–water partition coefficient (Wildman–Crippen LogP) is 3.00. The summed E-state index contributed by atoms with van der Waals surface area (Å²) in [6.07, 6.45) is 5.76. The van der Waals surface area contributed by atoms with Crippen molar-refractivity contribution in [2.45, 2.75) is 58.2 Å². The van der Waals surface area contributed by atoms with Crippen molar-refractivity contribution < 1.29 is 9.53 Å². The lowest BCUT2D eigenvalue weighted by Crippen LogP contribution is -2.40. The van der Waals surface area contributed by atoms with Gasteiger partial charge >= 0.3 is 5.97 Å². The molecule has 1 aliphatic heterocycles. The lowest BCUT2D eigenvalue weighted by atomic mass is 10.0. The normalized spacial score (nSPS) is 19.7. The standard InChI is InChI=1S/C22H27N3O2/c1-2-27-22(26)21-19-14-24(18-11-16-5-3-4-6-17(16)12-18)10-9-20(19)25(23-21)13-15-7-8-15/h3-6,15,18H,2,7-14H2,1H3. The molecule has 1 fully saturated rings. The number of aromatic nitrogens is 2. The second-order valence-corrected chi connectivity index (χ2v) is 8.17. The summed E-state index contributed by atoms with van der Waals surface area (Å²) in [5, 5.41) is 4.71. The average molecular weight is 365 g/mol. The van der Waals surface area contributed by atoms with Gasteiger partial charge in [-0.1, -0.05) is 24.3 Å². The molecule has 142 valence electrons. The second kappa shape index (κ2) is 6.79. The first kappa shape index (κ1) is 17.0. The topological polar surface area (TPSA) is 47.4 Å². The van der Waals surface area contributed by atoms with Crippen LogP contribution in [0.15, 0.2) is 24.3 Å². The highest BCUT2D eigenvalue weighted by Gasteiger charge is 2.35. The van der Waals surface area contributed by atoms with E-state index in [0.717, 1.165) is 50.4 Å². The Morgan fingerprint density at radius 3 is 2.63 bits per heavy atom. The van der Waals surface area contributed by atoms with E-state index in [2.05, 4.69) is 33.8 Å². The lowest BCUT2D eigenvalue weighted by molar-refractivity contribution is 0.0515. The zero-order valence-corrected chi connectivity index (χ0v) is 16.0. The van der Waals surface area contributed by atoms with Crippen LogP contribution in [0.5, 0.6) is 0 Å². The number of nitrogens with zero attached hydrogens (tertiary/aromatic N) is 3. The van der Waals surface area contributed by atoms with Gasteiger partial charge in [0.1, 0.15) is 0 Å². The zero-order chi connectivity index (χ0) is 18.4. The third kappa shape index (κ3) is 3.18. The minimum absolute atomic E-state index is 0.264. The van der Waals surface area contributed by atoms with Gasteiger partial charge in [0.05, 0.1) is 6.61 Å². The molecule has 5 nitrogen and oxygen atoms in total. The SMILES string of the molecule is CCOC(=O)c1nn(CC2CC2)c2c1CN(C1Cc3ccccc3C1)CC2. The van der Waals surface area contributed by atoms with Crippen LogP contribution in [0.25, 0.3) is 0 Å². The van der Waals surface area contributed by atoms with Gasteiger partial charge in [-0.2, -0.15) is 5.10 Å². The number of hydrogen-bond acceptors (Lipinski definition) is 4. The van der Waals surface area contributed by atoms with E-state index in [1.54, 1.807) is 0 Å². The number of carbonyl (C=O) groups excluding carboxylic acids is 1. The van der Waals surface area contributed by atoms with Crippen molar-refractivity contribution in [2.24, 2.45) is 5.92 Å². The number of esters is 1. The van der Waals surface area contributed by atoms with E-state index < -0.39 is 0 Å². The van der Waals surface area contributed by atoms with Gasteiger partial charge in [0.2, 0.25) is 0 Å². The Labute approximate surface area is 160 Å². The fourth-order valence-electron chi connectivity index (χ4n) is 4.68. The Morgan fingerprint density at radius 2 is 1.96 bits per heavy atom. The zero-order valence-electron chi connectivity index (χ0n) is 16.0. The summed E-state index contributed by atoms with van der Waals surface area (Å²) in [5.74, 6) is 0.478. The second-order valence-electron chi connectivity index (χ2n) is 8.17. The molecular formula is C22H27N3O2. The van der Waals surface area contributed by atoms with Gasteiger partial charge < -0.3 is 4.74 Å². The van der Waals surface area contributed by atoms with E-state index in [9.17, 15) is 4.79 Å². The molecule has 0 saturated heterocycles. The summed E-state index contributed by atoms with van der Waals surface area (Å²) in [5.41, 5.74) is 5.87. The van der Waals surface area contributed by atoms with Crippen molar-refractivity contribution >= 4 is 5.97 Å². The molecular weight excluding hydrogens is 338 g/mol. The average Bonchev–Trinajstić information content (AvgIpc) is 3.27. The largest absolute Gasteiger partial charge is 0.461 e. The number of benzene rings is 1. The van der Waals surface area contributed by atoms with Gasteiger partial charge in [0, 0.05) is 43.4 Å². The molecule has 0 atom stereocenters. The summed E-state index contributed by atoms with van der Waals surface area (Å²) >= 11 is 0. The van der Waals surface area contributed by atoms with Crippen LogP contribution in [0.3, 0.4) is 0 Å². The molecule has 5 heteroatoms. The van der Waals surface area contributed by atoms with Crippen LogP contribution < -0.4 is 0 Å². The number of fused-ring (bicyclic) bond motifs is 2. The van der Waals surface area contributed by atoms with Crippen molar-refractivity contribution in [2.75, 3.05) is 13.2 Å². The maximum atomic E-state index is 12.5. The molecule has 2 aliphatic carbocycles. The molecule has 0 amide bonds. The highest BCUT2D eigenvalue weighted by molar-refractivity contribution is 5.89. The summed E-state index contributed by atoms with van der Waals surface area (Å²) in [6.45, 7) is 5.06. The van der Waals surface area contributed by atoms with E-state index in [0.29, 0.717) is 18.3 Å². The van der Waals surface area contributed by atoms with Crippen LogP contribution in [-0.2, 0) is 37.1 Å². The summed E-state index contributed by atoms with van der Waals surface area (Å²) < 4.78 is 7.42. The summed E-state index contributed by atoms with van der Waals surface area (Å²) in [6, 6.07) is 9.30. The maximum Gasteiger partial charge on any atom is 0.359 e. The van der Waals surface area contributed by atoms with Crippen molar-refractivity contribution in [1.82, 2.24) is 14.7 Å². The molecule has 1 aromatic carbocycles. The molecule has 0 radical (unpaired) electrons. The molecule has 0 N–H and O–H groups in total. The van der Waals surface area contributed by atoms with E-state index in [4.69, 9.17) is 9.84 Å². The monoisotopic (exact) mass is 365 g/mol. The molecule has 0 unspecified atom stereocenters. The quantitative estimate of drug-likeness (QED) is 0.765. The Bertz CT molecular complexity index is 843. The highest BCUT2D eigenvalue weighted by atomic mass is 16.5. The number of hydrogen-bond donors (Lipinski definition) is 0. The first-order chi connectivity index (χ1) is 13.2. The Balaban J connectivity index is 1.40. The third-order valence-electron chi connectivity index (χ3n) is 6.31. The Hall–Kier alpha value is -2.14. The number of carbonyl (C=O) groups is 1. The van der Waals surface area contributed by atoms with Gasteiger partial charge in [0.15, 0.2) is 5.69 Å². The van der Waals surface area contributed by atoms with Crippen LogP contribution >= 0.6 is 0 Å². The summed E-state index contributed by atoms with van der Waals surface area (Å²) in [4.78, 5) is 15.1. The molecule has 2 aromatic rings. The molecule has 0 bridgehead atoms. The van der Waals surface area contributed by atoms with Crippen LogP contribution in [0.1, 0.15) is 52.6 Å². The van der Waals surface area contributed by atoms with Crippen LogP contribution in [0.4, 0.5) is 0 Å². The fraction of sp³-hybridized carbons (Fsp3) is 0.545. The van der Waals surface area contributed by atoms with Gasteiger partial charge in [-0.15, -0.1) is 0 Å². The minimum Gasteiger partial charge on any atom is -0.461 e. The van der Waals surface area contributed by atoms with Gasteiger partial charge in [-0.05, 0) is 49.7 Å². The molecule has 5 rings (SSSR count). The van der Waals surface area contributed by atoms with Crippen molar-refractivity contribution in [3.63, 3.8) is 0 Å². The van der Waals surface area contributed by atoms with Gasteiger partial charge in [0.25, 0.3) is 0 Å². The van der Waals surface area contributed by atoms with E-state index in [-0.39, 0.29) is 5.97 Å². The highest BCUT2D eigenvalue weighted by Crippen LogP contribution is 2.34. The molecule has 3 aliphatic rings. The van der Waals surface area contributed by atoms with Gasteiger partial charge in [-0.3, -0.25) is 9.58 Å². The minimum atomic E-state index is -0.264. The molecule has 1 aromatic heterocycles. The van der Waals surface area contributed by atoms with Crippen LogP contribution in [0.2, 0.25) is 0 Å².